The van der Waals surface area contributed by atoms with Gasteiger partial charge >= 0.3 is 0 Å². The molecular formula is C13H18N2O2. The standard InChI is InChI=1S/C13H18N2O2/c1-7-8(2)11(14-16)10(13(4,5)6)12(15-17)9(7)3/h1-6H3. The molecule has 92 valence electrons. The first-order valence-corrected chi connectivity index (χ1v) is 5.56. The van der Waals surface area contributed by atoms with Crippen molar-refractivity contribution in [2.75, 3.05) is 0 Å². The summed E-state index contributed by atoms with van der Waals surface area (Å²) in [6.45, 7) is 11.4. The summed E-state index contributed by atoms with van der Waals surface area (Å²) in [5.74, 6) is 0. The van der Waals surface area contributed by atoms with Crippen molar-refractivity contribution >= 4 is 11.4 Å². The zero-order chi connectivity index (χ0) is 13.4. The lowest BCUT2D eigenvalue weighted by Crippen LogP contribution is -2.13. The number of hydrogen-bond donors (Lipinski definition) is 0. The highest BCUT2D eigenvalue weighted by Gasteiger charge is 2.27. The SMILES string of the molecule is Cc1c(C)c(N=O)c(C(C)(C)C)c(N=O)c1C. The van der Waals surface area contributed by atoms with Crippen LogP contribution in [0.2, 0.25) is 0 Å². The first-order valence-electron chi connectivity index (χ1n) is 5.56. The van der Waals surface area contributed by atoms with Crippen LogP contribution in [0.4, 0.5) is 11.4 Å². The van der Waals surface area contributed by atoms with Crippen LogP contribution in [0.3, 0.4) is 0 Å². The van der Waals surface area contributed by atoms with E-state index in [0.717, 1.165) is 16.7 Å². The van der Waals surface area contributed by atoms with Gasteiger partial charge < -0.3 is 0 Å². The quantitative estimate of drug-likeness (QED) is 0.696. The summed E-state index contributed by atoms with van der Waals surface area (Å²) in [5.41, 5.74) is 3.58. The van der Waals surface area contributed by atoms with Gasteiger partial charge in [-0.15, -0.1) is 9.81 Å². The Labute approximate surface area is 101 Å². The molecule has 1 rings (SSSR count). The Hall–Kier alpha value is -1.58. The summed E-state index contributed by atoms with van der Waals surface area (Å²) in [6.07, 6.45) is 0. The Bertz CT molecular complexity index is 450. The van der Waals surface area contributed by atoms with E-state index in [2.05, 4.69) is 10.4 Å². The fourth-order valence-corrected chi connectivity index (χ4v) is 2.06. The van der Waals surface area contributed by atoms with Crippen molar-refractivity contribution in [3.05, 3.63) is 32.1 Å². The zero-order valence-electron chi connectivity index (χ0n) is 11.2. The molecule has 0 spiro atoms. The van der Waals surface area contributed by atoms with Crippen LogP contribution in [0.25, 0.3) is 0 Å². The average Bonchev–Trinajstić information content (AvgIpc) is 2.24. The minimum atomic E-state index is -0.338. The van der Waals surface area contributed by atoms with Crippen LogP contribution < -0.4 is 0 Å². The van der Waals surface area contributed by atoms with Crippen molar-refractivity contribution in [2.24, 2.45) is 10.4 Å². The lowest BCUT2D eigenvalue weighted by Gasteiger charge is -2.24. The molecule has 0 saturated heterocycles. The van der Waals surface area contributed by atoms with Gasteiger partial charge in [0.1, 0.15) is 11.4 Å². The zero-order valence-corrected chi connectivity index (χ0v) is 11.2. The Morgan fingerprint density at radius 2 is 1.12 bits per heavy atom. The monoisotopic (exact) mass is 234 g/mol. The van der Waals surface area contributed by atoms with Gasteiger partial charge in [0, 0.05) is 5.56 Å². The topological polar surface area (TPSA) is 58.9 Å². The molecule has 4 nitrogen and oxygen atoms in total. The van der Waals surface area contributed by atoms with E-state index >= 15 is 0 Å². The van der Waals surface area contributed by atoms with Crippen LogP contribution in [-0.2, 0) is 5.41 Å². The van der Waals surface area contributed by atoms with Gasteiger partial charge in [-0.05, 0) is 53.2 Å². The molecule has 0 atom stereocenters. The van der Waals surface area contributed by atoms with E-state index in [-0.39, 0.29) is 5.41 Å². The highest BCUT2D eigenvalue weighted by molar-refractivity contribution is 5.72. The predicted molar refractivity (Wildman–Crippen MR) is 70.3 cm³/mol. The lowest BCUT2D eigenvalue weighted by atomic mass is 9.80. The number of benzene rings is 1. The Kier molecular flexibility index (Phi) is 3.45. The molecule has 1 aromatic rings. The van der Waals surface area contributed by atoms with Gasteiger partial charge in [-0.1, -0.05) is 20.8 Å². The van der Waals surface area contributed by atoms with Crippen LogP contribution in [0.15, 0.2) is 10.4 Å². The second kappa shape index (κ2) is 4.35. The molecule has 0 N–H and O–H groups in total. The molecule has 0 aliphatic rings. The van der Waals surface area contributed by atoms with Crippen molar-refractivity contribution in [1.82, 2.24) is 0 Å². The highest BCUT2D eigenvalue weighted by atomic mass is 16.3. The second-order valence-electron chi connectivity index (χ2n) is 5.38. The number of nitrogens with zero attached hydrogens (tertiary/aromatic N) is 2. The Morgan fingerprint density at radius 3 is 1.35 bits per heavy atom. The van der Waals surface area contributed by atoms with Crippen LogP contribution in [0, 0.1) is 30.6 Å². The maximum absolute atomic E-state index is 11.0. The van der Waals surface area contributed by atoms with E-state index in [1.807, 2.05) is 41.5 Å². The summed E-state index contributed by atoms with van der Waals surface area (Å²) in [4.78, 5) is 22.1. The molecule has 0 amide bonds. The molecule has 0 aliphatic carbocycles. The van der Waals surface area contributed by atoms with E-state index in [4.69, 9.17) is 0 Å². The normalized spacial score (nSPS) is 11.4. The van der Waals surface area contributed by atoms with Crippen LogP contribution >= 0.6 is 0 Å². The summed E-state index contributed by atoms with van der Waals surface area (Å²) >= 11 is 0. The maximum atomic E-state index is 11.0. The van der Waals surface area contributed by atoms with Gasteiger partial charge in [-0.25, -0.2) is 0 Å². The van der Waals surface area contributed by atoms with Gasteiger partial charge in [0.05, 0.1) is 0 Å². The molecule has 0 fully saturated rings. The lowest BCUT2D eigenvalue weighted by molar-refractivity contribution is 0.591. The molecule has 0 aromatic heterocycles. The molecular weight excluding hydrogens is 216 g/mol. The van der Waals surface area contributed by atoms with Gasteiger partial charge in [-0.3, -0.25) is 0 Å². The maximum Gasteiger partial charge on any atom is 0.117 e. The third kappa shape index (κ3) is 2.12. The van der Waals surface area contributed by atoms with Gasteiger partial charge in [0.2, 0.25) is 0 Å². The molecule has 0 saturated carbocycles. The average molecular weight is 234 g/mol. The summed E-state index contributed by atoms with van der Waals surface area (Å²) in [7, 11) is 0. The second-order valence-corrected chi connectivity index (χ2v) is 5.38. The van der Waals surface area contributed by atoms with E-state index in [1.54, 1.807) is 0 Å². The van der Waals surface area contributed by atoms with Crippen LogP contribution in [0.5, 0.6) is 0 Å². The minimum Gasteiger partial charge on any atom is -0.145 e. The molecule has 0 unspecified atom stereocenters. The third-order valence-corrected chi connectivity index (χ3v) is 3.24. The number of nitroso groups, excluding NO2 is 2. The van der Waals surface area contributed by atoms with Gasteiger partial charge in [-0.2, -0.15) is 0 Å². The smallest absolute Gasteiger partial charge is 0.117 e. The molecule has 0 radical (unpaired) electrons. The minimum absolute atomic E-state index is 0.338. The molecule has 0 aliphatic heterocycles. The number of hydrogen-bond acceptors (Lipinski definition) is 4. The van der Waals surface area contributed by atoms with E-state index in [9.17, 15) is 9.81 Å². The van der Waals surface area contributed by atoms with E-state index < -0.39 is 0 Å². The van der Waals surface area contributed by atoms with Crippen LogP contribution in [-0.4, -0.2) is 0 Å². The molecule has 1 aromatic carbocycles. The molecule has 0 bridgehead atoms. The molecule has 0 heterocycles. The van der Waals surface area contributed by atoms with Crippen molar-refractivity contribution < 1.29 is 0 Å². The van der Waals surface area contributed by atoms with Crippen molar-refractivity contribution in [3.63, 3.8) is 0 Å². The first-order chi connectivity index (χ1) is 7.75. The van der Waals surface area contributed by atoms with Crippen molar-refractivity contribution in [1.29, 1.82) is 0 Å². The fourth-order valence-electron chi connectivity index (χ4n) is 2.06. The Balaban J connectivity index is 3.89. The van der Waals surface area contributed by atoms with E-state index in [1.165, 1.54) is 0 Å². The highest BCUT2D eigenvalue weighted by Crippen LogP contribution is 2.44. The molecule has 4 heteroatoms. The van der Waals surface area contributed by atoms with Gasteiger partial charge in [0.25, 0.3) is 0 Å². The third-order valence-electron chi connectivity index (χ3n) is 3.24. The van der Waals surface area contributed by atoms with E-state index in [0.29, 0.717) is 16.9 Å². The largest absolute Gasteiger partial charge is 0.145 e. The first kappa shape index (κ1) is 13.5. The van der Waals surface area contributed by atoms with Crippen molar-refractivity contribution in [3.8, 4) is 0 Å². The Morgan fingerprint density at radius 1 is 0.765 bits per heavy atom. The summed E-state index contributed by atoms with van der Waals surface area (Å²) in [6, 6.07) is 0. The van der Waals surface area contributed by atoms with Gasteiger partial charge in [0.15, 0.2) is 0 Å². The van der Waals surface area contributed by atoms with Crippen molar-refractivity contribution in [2.45, 2.75) is 47.0 Å². The predicted octanol–water partition coefficient (Wildman–Crippen LogP) is 4.71. The summed E-state index contributed by atoms with van der Waals surface area (Å²) < 4.78 is 0. The summed E-state index contributed by atoms with van der Waals surface area (Å²) in [5, 5.41) is 6.20. The fraction of sp³-hybridized carbons (Fsp3) is 0.538. The number of rotatable bonds is 2. The van der Waals surface area contributed by atoms with Crippen LogP contribution in [0.1, 0.15) is 43.0 Å². The molecule has 17 heavy (non-hydrogen) atoms.